The van der Waals surface area contributed by atoms with Crippen LogP contribution in [0.1, 0.15) is 16.5 Å². The lowest BCUT2D eigenvalue weighted by atomic mass is 10.0. The quantitative estimate of drug-likeness (QED) is 0.677. The van der Waals surface area contributed by atoms with E-state index in [0.717, 1.165) is 6.07 Å². The Kier molecular flexibility index (Phi) is 4.38. The second-order valence-corrected chi connectivity index (χ2v) is 4.95. The van der Waals surface area contributed by atoms with Crippen LogP contribution < -0.4 is 0 Å². The molecule has 2 aromatic carbocycles. The number of hydrogen-bond donors (Lipinski definition) is 0. The Morgan fingerprint density at radius 2 is 1.58 bits per heavy atom. The van der Waals surface area contributed by atoms with Crippen molar-refractivity contribution >= 4 is 23.2 Å². The van der Waals surface area contributed by atoms with Gasteiger partial charge in [-0.15, -0.1) is 11.6 Å². The molecule has 1 atom stereocenters. The van der Waals surface area contributed by atoms with Crippen molar-refractivity contribution in [3.63, 3.8) is 0 Å². The molecule has 19 heavy (non-hydrogen) atoms. The predicted octanol–water partition coefficient (Wildman–Crippen LogP) is 5.28. The Hall–Kier alpha value is -1.19. The molecule has 100 valence electrons. The summed E-state index contributed by atoms with van der Waals surface area (Å²) in [4.78, 5) is 0. The molecule has 0 bridgehead atoms. The minimum atomic E-state index is -0.972. The van der Waals surface area contributed by atoms with Gasteiger partial charge in [0.15, 0.2) is 11.6 Å². The second-order valence-electron chi connectivity index (χ2n) is 4.02. The largest absolute Gasteiger partial charge is 0.207 e. The van der Waals surface area contributed by atoms with Gasteiger partial charge in [0.05, 0.1) is 5.38 Å². The van der Waals surface area contributed by atoms with E-state index >= 15 is 0 Å². The molecule has 0 aromatic heterocycles. The second kappa shape index (κ2) is 5.85. The first-order valence-electron chi connectivity index (χ1n) is 5.51. The van der Waals surface area contributed by atoms with Gasteiger partial charge in [0, 0.05) is 10.6 Å². The highest BCUT2D eigenvalue weighted by Crippen LogP contribution is 2.33. The first-order valence-corrected chi connectivity index (χ1v) is 6.33. The van der Waals surface area contributed by atoms with Crippen LogP contribution in [-0.2, 0) is 6.42 Å². The van der Waals surface area contributed by atoms with E-state index in [9.17, 15) is 13.2 Å². The first-order chi connectivity index (χ1) is 9.00. The molecule has 1 unspecified atom stereocenters. The van der Waals surface area contributed by atoms with Crippen molar-refractivity contribution in [2.45, 2.75) is 11.8 Å². The van der Waals surface area contributed by atoms with Crippen LogP contribution in [-0.4, -0.2) is 0 Å². The third kappa shape index (κ3) is 3.04. The summed E-state index contributed by atoms with van der Waals surface area (Å²) in [5, 5.41) is -0.707. The molecule has 0 aliphatic rings. The fourth-order valence-corrected chi connectivity index (χ4v) is 2.55. The maximum Gasteiger partial charge on any atom is 0.162 e. The van der Waals surface area contributed by atoms with Crippen molar-refractivity contribution in [3.05, 3.63) is 70.0 Å². The molecule has 0 nitrogen and oxygen atoms in total. The number of alkyl halides is 1. The number of rotatable bonds is 3. The predicted molar refractivity (Wildman–Crippen MR) is 70.1 cm³/mol. The van der Waals surface area contributed by atoms with Crippen molar-refractivity contribution < 1.29 is 13.2 Å². The van der Waals surface area contributed by atoms with E-state index in [1.807, 2.05) is 0 Å². The number of hydrogen-bond acceptors (Lipinski definition) is 0. The number of halogens is 5. The molecular weight excluding hydrogens is 296 g/mol. The highest BCUT2D eigenvalue weighted by atomic mass is 35.5. The summed E-state index contributed by atoms with van der Waals surface area (Å²) in [5.41, 5.74) is 0.175. The fourth-order valence-electron chi connectivity index (χ4n) is 1.81. The van der Waals surface area contributed by atoms with Crippen LogP contribution >= 0.6 is 23.2 Å². The van der Waals surface area contributed by atoms with E-state index < -0.39 is 22.8 Å². The topological polar surface area (TPSA) is 0 Å². The van der Waals surface area contributed by atoms with Gasteiger partial charge in [-0.3, -0.25) is 0 Å². The van der Waals surface area contributed by atoms with Gasteiger partial charge in [0.2, 0.25) is 0 Å². The lowest BCUT2D eigenvalue weighted by Gasteiger charge is -2.13. The number of benzene rings is 2. The minimum absolute atomic E-state index is 0.0498. The van der Waals surface area contributed by atoms with Crippen molar-refractivity contribution in [3.8, 4) is 0 Å². The van der Waals surface area contributed by atoms with Gasteiger partial charge in [-0.1, -0.05) is 29.8 Å². The van der Waals surface area contributed by atoms with Crippen molar-refractivity contribution in [1.82, 2.24) is 0 Å². The highest BCUT2D eigenvalue weighted by Gasteiger charge is 2.19. The Morgan fingerprint density at radius 3 is 2.26 bits per heavy atom. The monoisotopic (exact) mass is 304 g/mol. The zero-order chi connectivity index (χ0) is 14.0. The molecule has 0 saturated heterocycles. The molecule has 0 amide bonds. The van der Waals surface area contributed by atoms with Crippen LogP contribution in [0.5, 0.6) is 0 Å². The van der Waals surface area contributed by atoms with Crippen LogP contribution in [0, 0.1) is 17.5 Å². The van der Waals surface area contributed by atoms with E-state index in [0.29, 0.717) is 0 Å². The summed E-state index contributed by atoms with van der Waals surface area (Å²) in [6.07, 6.45) is -0.0498. The fraction of sp³-hybridized carbons (Fsp3) is 0.143. The Labute approximate surface area is 118 Å². The van der Waals surface area contributed by atoms with Crippen molar-refractivity contribution in [2.24, 2.45) is 0 Å². The van der Waals surface area contributed by atoms with Gasteiger partial charge in [-0.2, -0.15) is 0 Å². The Bertz CT molecular complexity index is 579. The van der Waals surface area contributed by atoms with Gasteiger partial charge >= 0.3 is 0 Å². The van der Waals surface area contributed by atoms with E-state index in [1.54, 1.807) is 0 Å². The van der Waals surface area contributed by atoms with Crippen LogP contribution in [0.25, 0.3) is 0 Å². The molecule has 0 saturated carbocycles. The molecule has 5 heteroatoms. The minimum Gasteiger partial charge on any atom is -0.207 e. The molecular formula is C14H9Cl2F3. The normalized spacial score (nSPS) is 12.5. The highest BCUT2D eigenvalue weighted by molar-refractivity contribution is 6.32. The van der Waals surface area contributed by atoms with Gasteiger partial charge < -0.3 is 0 Å². The lowest BCUT2D eigenvalue weighted by molar-refractivity contribution is 0.497. The smallest absolute Gasteiger partial charge is 0.162 e. The molecule has 2 rings (SSSR count). The molecule has 0 fully saturated rings. The van der Waals surface area contributed by atoms with Gasteiger partial charge in [-0.05, 0) is 30.2 Å². The molecule has 0 aliphatic carbocycles. The van der Waals surface area contributed by atoms with E-state index in [1.165, 1.54) is 30.3 Å². The van der Waals surface area contributed by atoms with E-state index in [2.05, 4.69) is 0 Å². The molecule has 0 radical (unpaired) electrons. The zero-order valence-electron chi connectivity index (χ0n) is 9.64. The van der Waals surface area contributed by atoms with Crippen LogP contribution in [0.3, 0.4) is 0 Å². The van der Waals surface area contributed by atoms with Crippen LogP contribution in [0.15, 0.2) is 36.4 Å². The standard InChI is InChI=1S/C14H9Cl2F3/c15-9-4-2-5-11(17)13(9)10(16)7-8-3-1-6-12(18)14(8)19/h1-6,10H,7H2. The average molecular weight is 305 g/mol. The van der Waals surface area contributed by atoms with Crippen molar-refractivity contribution in [1.29, 1.82) is 0 Å². The van der Waals surface area contributed by atoms with Crippen molar-refractivity contribution in [2.75, 3.05) is 0 Å². The first kappa shape index (κ1) is 14.2. The Balaban J connectivity index is 2.31. The summed E-state index contributed by atoms with van der Waals surface area (Å²) < 4.78 is 40.2. The summed E-state index contributed by atoms with van der Waals surface area (Å²) in [6.45, 7) is 0. The molecule has 0 N–H and O–H groups in total. The van der Waals surface area contributed by atoms with Gasteiger partial charge in [0.25, 0.3) is 0 Å². The van der Waals surface area contributed by atoms with Gasteiger partial charge in [-0.25, -0.2) is 13.2 Å². The molecule has 0 spiro atoms. The summed E-state index contributed by atoms with van der Waals surface area (Å²) in [5.74, 6) is -2.49. The van der Waals surface area contributed by atoms with E-state index in [-0.39, 0.29) is 22.6 Å². The average Bonchev–Trinajstić information content (AvgIpc) is 2.35. The molecule has 2 aromatic rings. The summed E-state index contributed by atoms with van der Waals surface area (Å²) >= 11 is 11.9. The Morgan fingerprint density at radius 1 is 0.947 bits per heavy atom. The van der Waals surface area contributed by atoms with Crippen LogP contribution in [0.4, 0.5) is 13.2 Å². The third-order valence-corrected chi connectivity index (χ3v) is 3.45. The third-order valence-electron chi connectivity index (χ3n) is 2.74. The molecule has 0 aliphatic heterocycles. The zero-order valence-corrected chi connectivity index (χ0v) is 11.2. The maximum absolute atomic E-state index is 13.6. The summed E-state index contributed by atoms with van der Waals surface area (Å²) in [7, 11) is 0. The van der Waals surface area contributed by atoms with Crippen LogP contribution in [0.2, 0.25) is 5.02 Å². The molecule has 0 heterocycles. The summed E-state index contributed by atoms with van der Waals surface area (Å²) in [6, 6.07) is 7.96. The van der Waals surface area contributed by atoms with E-state index in [4.69, 9.17) is 23.2 Å². The SMILES string of the molecule is Fc1cccc(CC(Cl)c2c(F)cccc2Cl)c1F. The maximum atomic E-state index is 13.6. The lowest BCUT2D eigenvalue weighted by Crippen LogP contribution is -2.03. The van der Waals surface area contributed by atoms with Gasteiger partial charge in [0.1, 0.15) is 5.82 Å².